The average molecular weight is 434 g/mol. The lowest BCUT2D eigenvalue weighted by Gasteiger charge is -2.07. The largest absolute Gasteiger partial charge is 0.302 e. The van der Waals surface area contributed by atoms with Crippen LogP contribution in [-0.2, 0) is 11.3 Å². The molecule has 9 heteroatoms. The Kier molecular flexibility index (Phi) is 7.08. The zero-order valence-electron chi connectivity index (χ0n) is 15.0. The Hall–Kier alpha value is -2.35. The number of benzene rings is 2. The van der Waals surface area contributed by atoms with Gasteiger partial charge in [0.25, 0.3) is 5.91 Å². The van der Waals surface area contributed by atoms with Crippen molar-refractivity contribution >= 4 is 47.1 Å². The molecule has 0 radical (unpaired) electrons. The maximum atomic E-state index is 12.1. The number of thioether (sulfide) groups is 1. The van der Waals surface area contributed by atoms with Crippen LogP contribution in [0.4, 0.5) is 0 Å². The Labute approximate surface area is 177 Å². The third-order valence-electron chi connectivity index (χ3n) is 3.77. The first-order valence-electron chi connectivity index (χ1n) is 8.47. The molecule has 3 rings (SSSR count). The molecule has 0 unspecified atom stereocenters. The van der Waals surface area contributed by atoms with Crippen molar-refractivity contribution < 1.29 is 4.79 Å². The van der Waals surface area contributed by atoms with Crippen molar-refractivity contribution in [2.75, 3.05) is 5.75 Å². The van der Waals surface area contributed by atoms with Gasteiger partial charge in [-0.15, -0.1) is 10.2 Å². The van der Waals surface area contributed by atoms with Gasteiger partial charge in [-0.05, 0) is 13.0 Å². The third-order valence-corrected chi connectivity index (χ3v) is 5.57. The van der Waals surface area contributed by atoms with E-state index in [4.69, 9.17) is 23.2 Å². The highest BCUT2D eigenvalue weighted by Crippen LogP contribution is 2.25. The van der Waals surface area contributed by atoms with Crippen LogP contribution in [0.25, 0.3) is 11.4 Å². The molecule has 0 spiro atoms. The summed E-state index contributed by atoms with van der Waals surface area (Å²) in [7, 11) is 0. The van der Waals surface area contributed by atoms with E-state index in [-0.39, 0.29) is 11.7 Å². The summed E-state index contributed by atoms with van der Waals surface area (Å²) in [4.78, 5) is 12.1. The molecule has 0 aliphatic carbocycles. The van der Waals surface area contributed by atoms with Gasteiger partial charge in [0.15, 0.2) is 11.0 Å². The van der Waals surface area contributed by atoms with E-state index in [1.54, 1.807) is 18.2 Å². The number of carbonyl (C=O) groups excluding carboxylic acids is 1. The lowest BCUT2D eigenvalue weighted by molar-refractivity contribution is -0.118. The van der Waals surface area contributed by atoms with Crippen LogP contribution in [0.1, 0.15) is 12.5 Å². The summed E-state index contributed by atoms with van der Waals surface area (Å²) < 4.78 is 1.97. The van der Waals surface area contributed by atoms with E-state index < -0.39 is 0 Å². The highest BCUT2D eigenvalue weighted by atomic mass is 35.5. The first-order chi connectivity index (χ1) is 13.6. The molecule has 0 atom stereocenters. The summed E-state index contributed by atoms with van der Waals surface area (Å²) in [6.45, 7) is 2.71. The normalized spacial score (nSPS) is 11.1. The first-order valence-corrected chi connectivity index (χ1v) is 10.2. The molecule has 1 heterocycles. The number of nitrogens with zero attached hydrogens (tertiary/aromatic N) is 4. The van der Waals surface area contributed by atoms with Crippen LogP contribution < -0.4 is 5.43 Å². The zero-order valence-corrected chi connectivity index (χ0v) is 17.3. The number of carbonyl (C=O) groups is 1. The van der Waals surface area contributed by atoms with E-state index in [2.05, 4.69) is 20.7 Å². The van der Waals surface area contributed by atoms with Gasteiger partial charge in [0, 0.05) is 17.7 Å². The molecule has 0 bridgehead atoms. The molecule has 0 saturated heterocycles. The van der Waals surface area contributed by atoms with E-state index in [9.17, 15) is 4.79 Å². The van der Waals surface area contributed by atoms with Crippen molar-refractivity contribution in [1.29, 1.82) is 0 Å². The smallest absolute Gasteiger partial charge is 0.250 e. The number of aromatic nitrogens is 3. The third kappa shape index (κ3) is 4.92. The van der Waals surface area contributed by atoms with Gasteiger partial charge in [-0.1, -0.05) is 77.4 Å². The van der Waals surface area contributed by atoms with Crippen molar-refractivity contribution in [3.63, 3.8) is 0 Å². The highest BCUT2D eigenvalue weighted by molar-refractivity contribution is 7.99. The van der Waals surface area contributed by atoms with Crippen LogP contribution in [-0.4, -0.2) is 32.6 Å². The van der Waals surface area contributed by atoms with Crippen molar-refractivity contribution in [1.82, 2.24) is 20.2 Å². The number of rotatable bonds is 7. The van der Waals surface area contributed by atoms with Crippen LogP contribution in [0.15, 0.2) is 58.8 Å². The van der Waals surface area contributed by atoms with Gasteiger partial charge in [0.05, 0.1) is 22.0 Å². The minimum absolute atomic E-state index is 0.160. The second kappa shape index (κ2) is 9.73. The van der Waals surface area contributed by atoms with Crippen molar-refractivity contribution in [2.24, 2.45) is 5.10 Å². The molecule has 0 aliphatic heterocycles. The van der Waals surface area contributed by atoms with Crippen LogP contribution in [0.2, 0.25) is 10.0 Å². The van der Waals surface area contributed by atoms with Gasteiger partial charge in [0.1, 0.15) is 0 Å². The SMILES string of the molecule is CCn1c(SCC(=O)N/N=C\c2cccc(Cl)c2Cl)nnc1-c1ccccc1. The van der Waals surface area contributed by atoms with Crippen LogP contribution in [0.5, 0.6) is 0 Å². The Morgan fingerprint density at radius 2 is 1.96 bits per heavy atom. The molecule has 2 aromatic carbocycles. The number of halogens is 2. The fraction of sp³-hybridized carbons (Fsp3) is 0.158. The van der Waals surface area contributed by atoms with Gasteiger partial charge in [-0.2, -0.15) is 5.10 Å². The predicted octanol–water partition coefficient (Wildman–Crippen LogP) is 4.51. The lowest BCUT2D eigenvalue weighted by Crippen LogP contribution is -2.20. The van der Waals surface area contributed by atoms with E-state index in [1.165, 1.54) is 18.0 Å². The number of nitrogens with one attached hydrogen (secondary N) is 1. The number of hydrogen-bond acceptors (Lipinski definition) is 5. The van der Waals surface area contributed by atoms with Gasteiger partial charge in [0.2, 0.25) is 0 Å². The number of hydrogen-bond donors (Lipinski definition) is 1. The molecule has 6 nitrogen and oxygen atoms in total. The van der Waals surface area contributed by atoms with Gasteiger partial charge in [-0.25, -0.2) is 5.43 Å². The van der Waals surface area contributed by atoms with E-state index in [1.807, 2.05) is 41.8 Å². The maximum Gasteiger partial charge on any atom is 0.250 e. The number of amides is 1. The predicted molar refractivity (Wildman–Crippen MR) is 114 cm³/mol. The Morgan fingerprint density at radius 3 is 2.71 bits per heavy atom. The van der Waals surface area contributed by atoms with E-state index >= 15 is 0 Å². The standard InChI is InChI=1S/C19H17Cl2N5OS/c1-2-26-18(13-7-4-3-5-8-13)24-25-19(26)28-12-16(27)23-22-11-14-9-6-10-15(20)17(14)21/h3-11H,2,12H2,1H3,(H,23,27)/b22-11-. The Morgan fingerprint density at radius 1 is 1.18 bits per heavy atom. The highest BCUT2D eigenvalue weighted by Gasteiger charge is 2.14. The molecule has 1 amide bonds. The van der Waals surface area contributed by atoms with Crippen molar-refractivity contribution in [3.05, 3.63) is 64.1 Å². The minimum Gasteiger partial charge on any atom is -0.302 e. The van der Waals surface area contributed by atoms with Crippen LogP contribution >= 0.6 is 35.0 Å². The second-order valence-corrected chi connectivity index (χ2v) is 7.37. The molecule has 1 aromatic heterocycles. The lowest BCUT2D eigenvalue weighted by atomic mass is 10.2. The summed E-state index contributed by atoms with van der Waals surface area (Å²) in [6, 6.07) is 15.0. The molecular formula is C19H17Cl2N5OS. The fourth-order valence-corrected chi connectivity index (χ4v) is 3.59. The van der Waals surface area contributed by atoms with Crippen molar-refractivity contribution in [3.8, 4) is 11.4 Å². The summed E-state index contributed by atoms with van der Waals surface area (Å²) in [6.07, 6.45) is 1.46. The zero-order chi connectivity index (χ0) is 19.9. The monoisotopic (exact) mass is 433 g/mol. The number of hydrazone groups is 1. The summed E-state index contributed by atoms with van der Waals surface area (Å²) in [5.41, 5.74) is 4.08. The molecular weight excluding hydrogens is 417 g/mol. The quantitative estimate of drug-likeness (QED) is 0.337. The molecule has 3 aromatic rings. The molecule has 0 saturated carbocycles. The summed E-state index contributed by atoms with van der Waals surface area (Å²) in [5.74, 6) is 0.680. The first kappa shape index (κ1) is 20.4. The molecule has 0 fully saturated rings. The van der Waals surface area contributed by atoms with Crippen LogP contribution in [0.3, 0.4) is 0 Å². The molecule has 1 N–H and O–H groups in total. The fourth-order valence-electron chi connectivity index (χ4n) is 2.44. The molecule has 144 valence electrons. The summed E-state index contributed by atoms with van der Waals surface area (Å²) >= 11 is 13.3. The average Bonchev–Trinajstić information content (AvgIpc) is 3.13. The van der Waals surface area contributed by atoms with Gasteiger partial charge in [-0.3, -0.25) is 4.79 Å². The second-order valence-electron chi connectivity index (χ2n) is 5.64. The van der Waals surface area contributed by atoms with Gasteiger partial charge < -0.3 is 4.57 Å². The van der Waals surface area contributed by atoms with E-state index in [0.717, 1.165) is 11.4 Å². The topological polar surface area (TPSA) is 72.2 Å². The summed E-state index contributed by atoms with van der Waals surface area (Å²) in [5, 5.41) is 13.9. The maximum absolute atomic E-state index is 12.1. The van der Waals surface area contributed by atoms with Gasteiger partial charge >= 0.3 is 0 Å². The van der Waals surface area contributed by atoms with Crippen LogP contribution in [0, 0.1) is 0 Å². The molecule has 0 aliphatic rings. The Balaban J connectivity index is 1.60. The van der Waals surface area contributed by atoms with Crippen molar-refractivity contribution in [2.45, 2.75) is 18.6 Å². The molecule has 28 heavy (non-hydrogen) atoms. The van der Waals surface area contributed by atoms with E-state index in [0.29, 0.717) is 27.3 Å². The Bertz CT molecular complexity index is 991. The minimum atomic E-state index is -0.258.